The Balaban J connectivity index is 0.000000143. The molecule has 5 aromatic rings. The molecule has 0 saturated carbocycles. The topological polar surface area (TPSA) is 401 Å². The number of nitrogens with one attached hydrogen (secondary N) is 5. The van der Waals surface area contributed by atoms with E-state index in [1.807, 2.05) is 65.8 Å². The summed E-state index contributed by atoms with van der Waals surface area (Å²) < 4.78 is 28.7. The van der Waals surface area contributed by atoms with Crippen molar-refractivity contribution in [3.63, 3.8) is 0 Å². The lowest BCUT2D eigenvalue weighted by Gasteiger charge is -2.29. The fraction of sp³-hybridized carbons (Fsp3) is 0.424. The Morgan fingerprint density at radius 1 is 0.267 bits per heavy atom. The first-order valence-electron chi connectivity index (χ1n) is 38.0. The van der Waals surface area contributed by atoms with E-state index in [-0.39, 0.29) is 126 Å². The minimum atomic E-state index is -1.05. The van der Waals surface area contributed by atoms with Gasteiger partial charge in [-0.3, -0.25) is 137 Å². The van der Waals surface area contributed by atoms with Crippen LogP contribution in [0, 0.1) is 11.6 Å². The van der Waals surface area contributed by atoms with Gasteiger partial charge in [0.05, 0.1) is 44.5 Å². The molecule has 0 radical (unpaired) electrons. The Morgan fingerprint density at radius 2 is 0.500 bits per heavy atom. The zero-order valence-electron chi connectivity index (χ0n) is 66.9. The molecule has 29 nitrogen and oxygen atoms in total. The largest absolute Gasteiger partial charge is 0.322 e. The van der Waals surface area contributed by atoms with Crippen LogP contribution in [0.2, 0.25) is 0 Å². The SMILES string of the molecule is CC(C)(C)c1cc2c(cc1F)C(=O)N(C1CCC(=O)NC1=O)C2=O.CC(C)(C)c1cc2c(cc1F)C(=O)N([C@H]1CCC(=O)NC1=O)C2=O.CC(C)(C)c1ccc2c(c1)C(=O)N(C1CCC(=O)NC1=O)C2=O.CC(C)(C)c1ccc2c(c1)C(=O)N([C@H]1CCC(=O)NC1=O)C2=O.CC(C)(C)c1ccc2c(c1)CN(C1CCC(=O)NC1=O)C2=O. The van der Waals surface area contributed by atoms with E-state index in [2.05, 4.69) is 53.4 Å². The summed E-state index contributed by atoms with van der Waals surface area (Å²) in [6.45, 7) is 29.8. The number of nitrogens with zero attached hydrogens (tertiary/aromatic N) is 5. The highest BCUT2D eigenvalue weighted by molar-refractivity contribution is 6.27. The van der Waals surface area contributed by atoms with Gasteiger partial charge in [-0.1, -0.05) is 128 Å². The molecule has 10 heterocycles. The Labute approximate surface area is 666 Å². The predicted molar refractivity (Wildman–Crippen MR) is 408 cm³/mol. The van der Waals surface area contributed by atoms with Crippen LogP contribution in [-0.2, 0) is 81.6 Å². The Kier molecular flexibility index (Phi) is 22.7. The predicted octanol–water partition coefficient (Wildman–Crippen LogP) is 7.56. The highest BCUT2D eigenvalue weighted by atomic mass is 19.1. The van der Waals surface area contributed by atoms with Crippen LogP contribution >= 0.6 is 0 Å². The van der Waals surface area contributed by atoms with Crippen molar-refractivity contribution in [2.24, 2.45) is 0 Å². The Morgan fingerprint density at radius 3 is 0.759 bits per heavy atom. The summed E-state index contributed by atoms with van der Waals surface area (Å²) in [6.07, 6.45) is 1.51. The number of carbonyl (C=O) groups excluding carboxylic acids is 19. The maximum absolute atomic E-state index is 14.3. The first-order chi connectivity index (χ1) is 53.9. The van der Waals surface area contributed by atoms with Crippen LogP contribution in [0.5, 0.6) is 0 Å². The monoisotopic (exact) mass is 1590 g/mol. The molecule has 608 valence electrons. The second kappa shape index (κ2) is 31.1. The summed E-state index contributed by atoms with van der Waals surface area (Å²) in [6, 6.07) is 16.7. The molecular weight excluding hydrogens is 1500 g/mol. The third-order valence-corrected chi connectivity index (χ3v) is 21.7. The summed E-state index contributed by atoms with van der Waals surface area (Å²) >= 11 is 0. The fourth-order valence-corrected chi connectivity index (χ4v) is 15.0. The smallest absolute Gasteiger partial charge is 0.262 e. The van der Waals surface area contributed by atoms with Gasteiger partial charge < -0.3 is 4.90 Å². The zero-order chi connectivity index (χ0) is 85.6. The molecule has 10 aliphatic heterocycles. The van der Waals surface area contributed by atoms with E-state index in [9.17, 15) is 99.9 Å². The minimum absolute atomic E-state index is 0.0140. The summed E-state index contributed by atoms with van der Waals surface area (Å²) in [5.41, 5.74) is 5.35. The van der Waals surface area contributed by atoms with Gasteiger partial charge >= 0.3 is 0 Å². The molecule has 0 aromatic heterocycles. The van der Waals surface area contributed by atoms with Crippen molar-refractivity contribution in [3.05, 3.63) is 174 Å². The summed E-state index contributed by atoms with van der Waals surface area (Å²) in [7, 11) is 0. The first-order valence-corrected chi connectivity index (χ1v) is 38.0. The number of piperidine rings is 5. The van der Waals surface area contributed by atoms with Gasteiger partial charge in [0.15, 0.2) is 0 Å². The standard InChI is InChI=1S/2C17H17FN2O4.2C17H18N2O4.C17H20N2O3/c2*1-17(2,3)10-6-8-9(7-11(10)18)16(24)20(15(8)23)12-4-5-13(21)19-14(12)22;2*1-17(2,3)9-4-5-10-11(8-9)16(23)19(15(10)22)12-6-7-13(20)18-14(12)21;1-17(2,3)11-4-5-12-10(8-11)9-19(16(12)22)13-6-7-14(20)18-15(13)21/h2*6-7,12H,4-5H2,1-3H3,(H,19,21,22);2*4-5,8,12H,6-7H2,1-3H3,(H,18,20,21);4-5,8,13H,6-7,9H2,1-3H3,(H,18,20,21)/t12-;;12-;;/m0.0../s1. The van der Waals surface area contributed by atoms with Crippen molar-refractivity contribution in [2.45, 2.75) is 232 Å². The summed E-state index contributed by atoms with van der Waals surface area (Å²) in [5.74, 6) is -10.6. The number of amides is 19. The molecule has 31 heteroatoms. The van der Waals surface area contributed by atoms with Gasteiger partial charge in [-0.25, -0.2) is 8.78 Å². The van der Waals surface area contributed by atoms with E-state index in [4.69, 9.17) is 0 Å². The van der Waals surface area contributed by atoms with Crippen LogP contribution < -0.4 is 26.6 Å². The second-order valence-corrected chi connectivity index (χ2v) is 35.1. The molecule has 0 bridgehead atoms. The van der Waals surface area contributed by atoms with E-state index >= 15 is 0 Å². The number of rotatable bonds is 5. The van der Waals surface area contributed by atoms with Gasteiger partial charge in [0, 0.05) is 44.2 Å². The van der Waals surface area contributed by atoms with Gasteiger partial charge in [-0.2, -0.15) is 0 Å². The van der Waals surface area contributed by atoms with Crippen LogP contribution in [0.4, 0.5) is 8.78 Å². The molecule has 3 unspecified atom stereocenters. The molecule has 5 saturated heterocycles. The van der Waals surface area contributed by atoms with Crippen LogP contribution in [0.3, 0.4) is 0 Å². The molecule has 5 atom stereocenters. The van der Waals surface area contributed by atoms with Crippen molar-refractivity contribution >= 4 is 112 Å². The average Bonchev–Trinajstić information content (AvgIpc) is 1.61. The van der Waals surface area contributed by atoms with Gasteiger partial charge in [0.25, 0.3) is 53.2 Å². The van der Waals surface area contributed by atoms with Gasteiger partial charge in [0.2, 0.25) is 59.1 Å². The number of carbonyl (C=O) groups is 19. The molecule has 15 rings (SSSR count). The maximum atomic E-state index is 14.3. The van der Waals surface area contributed by atoms with E-state index in [0.29, 0.717) is 51.9 Å². The van der Waals surface area contributed by atoms with E-state index in [0.717, 1.165) is 48.4 Å². The van der Waals surface area contributed by atoms with Gasteiger partial charge in [-0.05, 0) is 147 Å². The Hall–Kier alpha value is -12.3. The number of benzene rings is 5. The highest BCUT2D eigenvalue weighted by Crippen LogP contribution is 2.39. The van der Waals surface area contributed by atoms with Gasteiger partial charge in [-0.15, -0.1) is 0 Å². The molecule has 116 heavy (non-hydrogen) atoms. The van der Waals surface area contributed by atoms with Crippen molar-refractivity contribution in [1.82, 2.24) is 51.1 Å². The molecule has 10 aliphatic rings. The normalized spacial score (nSPS) is 21.4. The minimum Gasteiger partial charge on any atom is -0.322 e. The molecule has 5 N–H and O–H groups in total. The second-order valence-electron chi connectivity index (χ2n) is 35.1. The third kappa shape index (κ3) is 16.5. The molecule has 0 aliphatic carbocycles. The molecule has 5 fully saturated rings. The molecular formula is C85H90F2N10O19. The lowest BCUT2D eigenvalue weighted by Crippen LogP contribution is -2.54. The zero-order valence-corrected chi connectivity index (χ0v) is 66.9. The lowest BCUT2D eigenvalue weighted by atomic mass is 9.85. The molecule has 0 spiro atoms. The molecule has 5 aromatic carbocycles. The Bertz CT molecular complexity index is 4980. The number of halogens is 2. The van der Waals surface area contributed by atoms with E-state index in [1.54, 1.807) is 70.7 Å². The van der Waals surface area contributed by atoms with Crippen LogP contribution in [-0.4, -0.2) is 167 Å². The van der Waals surface area contributed by atoms with Crippen molar-refractivity contribution < 1.29 is 99.9 Å². The summed E-state index contributed by atoms with van der Waals surface area (Å²) in [4.78, 5) is 235. The third-order valence-electron chi connectivity index (χ3n) is 21.7. The van der Waals surface area contributed by atoms with Crippen LogP contribution in [0.15, 0.2) is 78.9 Å². The van der Waals surface area contributed by atoms with Gasteiger partial charge in [0.1, 0.15) is 41.8 Å². The first kappa shape index (κ1) is 84.6. The number of fused-ring (bicyclic) bond motifs is 5. The van der Waals surface area contributed by atoms with Crippen molar-refractivity contribution in [1.29, 1.82) is 0 Å². The van der Waals surface area contributed by atoms with Crippen LogP contribution in [0.1, 0.15) is 295 Å². The average molecular weight is 1590 g/mol. The number of hydrogen-bond donors (Lipinski definition) is 5. The fourth-order valence-electron chi connectivity index (χ4n) is 15.0. The van der Waals surface area contributed by atoms with E-state index in [1.165, 1.54) is 17.7 Å². The van der Waals surface area contributed by atoms with E-state index < -0.39 is 135 Å². The quantitative estimate of drug-likeness (QED) is 0.106. The molecule has 19 amide bonds. The maximum Gasteiger partial charge on any atom is 0.262 e. The number of hydrogen-bond acceptors (Lipinski definition) is 19. The highest BCUT2D eigenvalue weighted by Gasteiger charge is 2.51. The number of imide groups is 9. The van der Waals surface area contributed by atoms with Crippen molar-refractivity contribution in [2.75, 3.05) is 0 Å². The lowest BCUT2D eigenvalue weighted by molar-refractivity contribution is -0.138. The van der Waals surface area contributed by atoms with Crippen molar-refractivity contribution in [3.8, 4) is 0 Å². The van der Waals surface area contributed by atoms with Crippen LogP contribution in [0.25, 0.3) is 0 Å². The summed E-state index contributed by atoms with van der Waals surface area (Å²) in [5, 5.41) is 10.9.